The van der Waals surface area contributed by atoms with Crippen molar-refractivity contribution in [1.29, 1.82) is 0 Å². The molecule has 50 valence electrons. The van der Waals surface area contributed by atoms with Crippen LogP contribution in [0.5, 0.6) is 0 Å². The summed E-state index contributed by atoms with van der Waals surface area (Å²) in [6.07, 6.45) is 4.80. The van der Waals surface area contributed by atoms with Crippen LogP contribution in [0.4, 0.5) is 0 Å². The third-order valence-corrected chi connectivity index (χ3v) is 2.06. The lowest BCUT2D eigenvalue weighted by atomic mass is 10.3. The summed E-state index contributed by atoms with van der Waals surface area (Å²) in [5.41, 5.74) is 1.52. The van der Waals surface area contributed by atoms with Crippen molar-refractivity contribution in [2.24, 2.45) is 0 Å². The Kier molecular flexibility index (Phi) is 1.11. The molecule has 0 unspecified atom stereocenters. The van der Waals surface area contributed by atoms with Gasteiger partial charge in [-0.3, -0.25) is 0 Å². The van der Waals surface area contributed by atoms with Crippen LogP contribution in [0, 0.1) is 0 Å². The molecule has 1 N–H and O–H groups in total. The Balaban J connectivity index is 2.16. The molecular weight excluding hydrogens is 112 g/mol. The minimum Gasteiger partial charge on any atom is -0.388 e. The fourth-order valence-electron chi connectivity index (χ4n) is 1.56. The monoisotopic (exact) mass is 124 g/mol. The van der Waals surface area contributed by atoms with Crippen LogP contribution in [0.3, 0.4) is 0 Å². The summed E-state index contributed by atoms with van der Waals surface area (Å²) in [4.78, 5) is 2.47. The molecule has 2 rings (SSSR count). The predicted molar refractivity (Wildman–Crippen MR) is 36.9 cm³/mol. The van der Waals surface area contributed by atoms with Gasteiger partial charge in [-0.2, -0.15) is 0 Å². The molecule has 0 aromatic heterocycles. The Morgan fingerprint density at radius 2 is 2.44 bits per heavy atom. The number of nitrogens with one attached hydrogen (secondary N) is 1. The summed E-state index contributed by atoms with van der Waals surface area (Å²) in [7, 11) is 0. The van der Waals surface area contributed by atoms with E-state index < -0.39 is 0 Å². The number of hydrogen-bond donors (Lipinski definition) is 1. The van der Waals surface area contributed by atoms with E-state index in [4.69, 9.17) is 0 Å². The van der Waals surface area contributed by atoms with Gasteiger partial charge in [0.1, 0.15) is 0 Å². The molecular formula is C7H12N2. The van der Waals surface area contributed by atoms with Gasteiger partial charge in [-0.05, 0) is 12.8 Å². The molecule has 0 amide bonds. The molecule has 0 aromatic carbocycles. The molecule has 2 heterocycles. The minimum atomic E-state index is 1.13. The van der Waals surface area contributed by atoms with Crippen molar-refractivity contribution < 1.29 is 0 Å². The summed E-state index contributed by atoms with van der Waals surface area (Å²) in [5, 5.41) is 3.25. The lowest BCUT2D eigenvalue weighted by Crippen LogP contribution is -2.32. The van der Waals surface area contributed by atoms with Gasteiger partial charge in [0.05, 0.1) is 0 Å². The predicted octanol–water partition coefficient (Wildman–Crippen LogP) is 0.527. The quantitative estimate of drug-likeness (QED) is 0.506. The highest BCUT2D eigenvalue weighted by atomic mass is 15.2. The van der Waals surface area contributed by atoms with E-state index in [2.05, 4.69) is 16.4 Å². The second-order valence-corrected chi connectivity index (χ2v) is 2.68. The van der Waals surface area contributed by atoms with Crippen molar-refractivity contribution in [3.63, 3.8) is 0 Å². The van der Waals surface area contributed by atoms with Gasteiger partial charge in [-0.15, -0.1) is 0 Å². The summed E-state index contributed by atoms with van der Waals surface area (Å²) in [5.74, 6) is 0. The van der Waals surface area contributed by atoms with E-state index in [1.807, 2.05) is 0 Å². The maximum atomic E-state index is 3.25. The van der Waals surface area contributed by atoms with Crippen molar-refractivity contribution >= 4 is 0 Å². The van der Waals surface area contributed by atoms with Gasteiger partial charge < -0.3 is 10.2 Å². The SMILES string of the molecule is C1=C2CCCN2CCN1. The van der Waals surface area contributed by atoms with Crippen LogP contribution in [0.25, 0.3) is 0 Å². The molecule has 0 aromatic rings. The molecule has 0 spiro atoms. The third kappa shape index (κ3) is 0.784. The number of allylic oxidation sites excluding steroid dienone is 1. The number of rotatable bonds is 0. The second-order valence-electron chi connectivity index (χ2n) is 2.68. The van der Waals surface area contributed by atoms with E-state index in [1.54, 1.807) is 0 Å². The average molecular weight is 124 g/mol. The van der Waals surface area contributed by atoms with Gasteiger partial charge in [0, 0.05) is 31.5 Å². The van der Waals surface area contributed by atoms with Crippen LogP contribution in [-0.2, 0) is 0 Å². The van der Waals surface area contributed by atoms with Gasteiger partial charge in [0.15, 0.2) is 0 Å². The molecule has 9 heavy (non-hydrogen) atoms. The molecule has 2 nitrogen and oxygen atoms in total. The topological polar surface area (TPSA) is 15.3 Å². The maximum Gasteiger partial charge on any atom is 0.0348 e. The van der Waals surface area contributed by atoms with Crippen molar-refractivity contribution in [3.05, 3.63) is 11.9 Å². The van der Waals surface area contributed by atoms with E-state index in [1.165, 1.54) is 31.6 Å². The van der Waals surface area contributed by atoms with Gasteiger partial charge in [-0.25, -0.2) is 0 Å². The fraction of sp³-hybridized carbons (Fsp3) is 0.714. The number of nitrogens with zero attached hydrogens (tertiary/aromatic N) is 1. The normalized spacial score (nSPS) is 24.9. The van der Waals surface area contributed by atoms with Crippen LogP contribution in [-0.4, -0.2) is 24.5 Å². The smallest absolute Gasteiger partial charge is 0.0348 e. The van der Waals surface area contributed by atoms with E-state index in [-0.39, 0.29) is 0 Å². The summed E-state index contributed by atoms with van der Waals surface area (Å²) >= 11 is 0. The zero-order chi connectivity index (χ0) is 6.10. The fourth-order valence-corrected chi connectivity index (χ4v) is 1.56. The zero-order valence-electron chi connectivity index (χ0n) is 5.56. The van der Waals surface area contributed by atoms with Crippen molar-refractivity contribution in [1.82, 2.24) is 10.2 Å². The van der Waals surface area contributed by atoms with Crippen LogP contribution >= 0.6 is 0 Å². The van der Waals surface area contributed by atoms with E-state index in [9.17, 15) is 0 Å². The van der Waals surface area contributed by atoms with E-state index in [0.717, 1.165) is 6.54 Å². The molecule has 2 aliphatic heterocycles. The van der Waals surface area contributed by atoms with Crippen LogP contribution in [0.2, 0.25) is 0 Å². The molecule has 0 aliphatic carbocycles. The van der Waals surface area contributed by atoms with E-state index in [0.29, 0.717) is 0 Å². The Bertz CT molecular complexity index is 140. The molecule has 0 radical (unpaired) electrons. The van der Waals surface area contributed by atoms with Crippen LogP contribution < -0.4 is 5.32 Å². The van der Waals surface area contributed by atoms with Gasteiger partial charge in [-0.1, -0.05) is 0 Å². The summed E-state index contributed by atoms with van der Waals surface area (Å²) in [6.45, 7) is 3.63. The largest absolute Gasteiger partial charge is 0.388 e. The number of hydrogen-bond acceptors (Lipinski definition) is 2. The average Bonchev–Trinajstić information content (AvgIpc) is 2.33. The van der Waals surface area contributed by atoms with Crippen LogP contribution in [0.1, 0.15) is 12.8 Å². The van der Waals surface area contributed by atoms with Crippen LogP contribution in [0.15, 0.2) is 11.9 Å². The highest BCUT2D eigenvalue weighted by molar-refractivity contribution is 5.07. The molecule has 1 saturated heterocycles. The Labute approximate surface area is 55.5 Å². The first-order valence-corrected chi connectivity index (χ1v) is 3.64. The molecule has 0 atom stereocenters. The van der Waals surface area contributed by atoms with Crippen molar-refractivity contribution in [2.75, 3.05) is 19.6 Å². The Morgan fingerprint density at radius 1 is 1.44 bits per heavy atom. The standard InChI is InChI=1S/C7H12N2/c1-2-7-6-8-3-5-9(7)4-1/h6,8H,1-5H2. The van der Waals surface area contributed by atoms with Crippen molar-refractivity contribution in [2.45, 2.75) is 12.8 Å². The highest BCUT2D eigenvalue weighted by Crippen LogP contribution is 2.20. The van der Waals surface area contributed by atoms with Gasteiger partial charge in [0.25, 0.3) is 0 Å². The maximum absolute atomic E-state index is 3.25. The lowest BCUT2D eigenvalue weighted by molar-refractivity contribution is 0.373. The minimum absolute atomic E-state index is 1.13. The zero-order valence-corrected chi connectivity index (χ0v) is 5.56. The second kappa shape index (κ2) is 1.94. The van der Waals surface area contributed by atoms with E-state index >= 15 is 0 Å². The highest BCUT2D eigenvalue weighted by Gasteiger charge is 2.17. The number of fused-ring (bicyclic) bond motifs is 1. The molecule has 0 saturated carbocycles. The summed E-state index contributed by atoms with van der Waals surface area (Å²) in [6, 6.07) is 0. The first-order chi connectivity index (χ1) is 4.47. The van der Waals surface area contributed by atoms with Crippen molar-refractivity contribution in [3.8, 4) is 0 Å². The molecule has 2 heteroatoms. The third-order valence-electron chi connectivity index (χ3n) is 2.06. The molecule has 2 aliphatic rings. The Morgan fingerprint density at radius 3 is 3.33 bits per heavy atom. The summed E-state index contributed by atoms with van der Waals surface area (Å²) < 4.78 is 0. The first-order valence-electron chi connectivity index (χ1n) is 3.64. The Hall–Kier alpha value is -0.660. The molecule has 1 fully saturated rings. The van der Waals surface area contributed by atoms with Gasteiger partial charge >= 0.3 is 0 Å². The molecule has 0 bridgehead atoms. The lowest BCUT2D eigenvalue weighted by Gasteiger charge is -2.24. The first kappa shape index (κ1) is 5.15. The van der Waals surface area contributed by atoms with Gasteiger partial charge in [0.2, 0.25) is 0 Å².